The maximum absolute atomic E-state index is 5.86. The topological polar surface area (TPSA) is 54.2 Å². The van der Waals surface area contributed by atoms with Crippen molar-refractivity contribution in [3.63, 3.8) is 0 Å². The Morgan fingerprint density at radius 3 is 2.62 bits per heavy atom. The lowest BCUT2D eigenvalue weighted by molar-refractivity contribution is 0.228. The van der Waals surface area contributed by atoms with Crippen molar-refractivity contribution < 1.29 is 0 Å². The molecule has 0 saturated carbocycles. The Hall–Kier alpha value is -0.970. The molecule has 0 bridgehead atoms. The molecule has 0 aliphatic carbocycles. The van der Waals surface area contributed by atoms with E-state index in [0.29, 0.717) is 12.5 Å². The highest BCUT2D eigenvalue weighted by molar-refractivity contribution is 5.16. The monoisotopic (exact) mass is 220 g/mol. The third kappa shape index (κ3) is 3.01. The van der Waals surface area contributed by atoms with Gasteiger partial charge in [0.15, 0.2) is 0 Å². The van der Waals surface area contributed by atoms with Crippen LogP contribution in [0.2, 0.25) is 0 Å². The van der Waals surface area contributed by atoms with Crippen molar-refractivity contribution in [1.82, 2.24) is 15.2 Å². The van der Waals surface area contributed by atoms with Crippen LogP contribution in [0.1, 0.15) is 11.5 Å². The fourth-order valence-corrected chi connectivity index (χ4v) is 2.16. The number of nitrogens with zero attached hydrogens (tertiary/aromatic N) is 2. The van der Waals surface area contributed by atoms with Gasteiger partial charge in [-0.15, -0.1) is 0 Å². The lowest BCUT2D eigenvalue weighted by Gasteiger charge is -2.30. The second-order valence-corrected chi connectivity index (χ2v) is 4.26. The Kier molecular flexibility index (Phi) is 4.27. The molecule has 0 spiro atoms. The summed E-state index contributed by atoms with van der Waals surface area (Å²) < 4.78 is 0. The molecule has 0 radical (unpaired) electrons. The molecular weight excluding hydrogens is 200 g/mol. The molecule has 1 aromatic rings. The molecule has 1 atom stereocenters. The van der Waals surface area contributed by atoms with E-state index >= 15 is 0 Å². The van der Waals surface area contributed by atoms with Crippen LogP contribution in [0.3, 0.4) is 0 Å². The van der Waals surface area contributed by atoms with E-state index in [0.717, 1.165) is 32.7 Å². The van der Waals surface area contributed by atoms with Crippen molar-refractivity contribution >= 4 is 0 Å². The molecule has 88 valence electrons. The Balaban J connectivity index is 1.94. The van der Waals surface area contributed by atoms with E-state index in [1.165, 1.54) is 5.56 Å². The lowest BCUT2D eigenvalue weighted by Crippen LogP contribution is -2.45. The van der Waals surface area contributed by atoms with Gasteiger partial charge in [0.2, 0.25) is 0 Å². The minimum atomic E-state index is 0.432. The number of aromatic nitrogens is 1. The van der Waals surface area contributed by atoms with Gasteiger partial charge in [0.1, 0.15) is 0 Å². The van der Waals surface area contributed by atoms with Crippen molar-refractivity contribution in [3.8, 4) is 0 Å². The molecule has 2 heterocycles. The SMILES string of the molecule is NCC(CN1CCNCC1)c1ccncc1. The van der Waals surface area contributed by atoms with Crippen LogP contribution in [0, 0.1) is 0 Å². The fraction of sp³-hybridized carbons (Fsp3) is 0.583. The first-order valence-corrected chi connectivity index (χ1v) is 5.93. The molecular formula is C12H20N4. The van der Waals surface area contributed by atoms with E-state index in [-0.39, 0.29) is 0 Å². The molecule has 4 nitrogen and oxygen atoms in total. The van der Waals surface area contributed by atoms with E-state index in [1.54, 1.807) is 0 Å². The largest absolute Gasteiger partial charge is 0.330 e. The molecule has 16 heavy (non-hydrogen) atoms. The van der Waals surface area contributed by atoms with Gasteiger partial charge in [-0.2, -0.15) is 0 Å². The van der Waals surface area contributed by atoms with Gasteiger partial charge < -0.3 is 16.0 Å². The molecule has 0 amide bonds. The first kappa shape index (κ1) is 11.5. The Morgan fingerprint density at radius 1 is 1.31 bits per heavy atom. The van der Waals surface area contributed by atoms with Gasteiger partial charge in [-0.25, -0.2) is 0 Å². The van der Waals surface area contributed by atoms with Gasteiger partial charge in [0.05, 0.1) is 0 Å². The highest BCUT2D eigenvalue weighted by atomic mass is 15.2. The van der Waals surface area contributed by atoms with Gasteiger partial charge >= 0.3 is 0 Å². The first-order chi connectivity index (χ1) is 7.90. The normalized spacial score (nSPS) is 19.6. The smallest absolute Gasteiger partial charge is 0.0270 e. The van der Waals surface area contributed by atoms with E-state index < -0.39 is 0 Å². The summed E-state index contributed by atoms with van der Waals surface area (Å²) in [7, 11) is 0. The third-order valence-corrected chi connectivity index (χ3v) is 3.15. The summed E-state index contributed by atoms with van der Waals surface area (Å²) in [6.07, 6.45) is 3.69. The molecule has 4 heteroatoms. The number of nitrogens with one attached hydrogen (secondary N) is 1. The number of piperazine rings is 1. The van der Waals surface area contributed by atoms with E-state index in [4.69, 9.17) is 5.73 Å². The Labute approximate surface area is 96.8 Å². The maximum atomic E-state index is 5.86. The zero-order valence-electron chi connectivity index (χ0n) is 9.60. The van der Waals surface area contributed by atoms with Crippen molar-refractivity contribution in [2.24, 2.45) is 5.73 Å². The van der Waals surface area contributed by atoms with Crippen LogP contribution in [0.25, 0.3) is 0 Å². The van der Waals surface area contributed by atoms with Crippen LogP contribution in [0.4, 0.5) is 0 Å². The molecule has 1 saturated heterocycles. The minimum Gasteiger partial charge on any atom is -0.330 e. The zero-order chi connectivity index (χ0) is 11.2. The third-order valence-electron chi connectivity index (χ3n) is 3.15. The molecule has 3 N–H and O–H groups in total. The first-order valence-electron chi connectivity index (χ1n) is 5.93. The zero-order valence-corrected chi connectivity index (χ0v) is 9.60. The van der Waals surface area contributed by atoms with Crippen LogP contribution < -0.4 is 11.1 Å². The maximum Gasteiger partial charge on any atom is 0.0270 e. The molecule has 1 aliphatic rings. The summed E-state index contributed by atoms with van der Waals surface area (Å²) >= 11 is 0. The summed E-state index contributed by atoms with van der Waals surface area (Å²) in [5.74, 6) is 0.432. The number of nitrogens with two attached hydrogens (primary N) is 1. The molecule has 2 rings (SSSR count). The molecule has 0 aromatic carbocycles. The second-order valence-electron chi connectivity index (χ2n) is 4.26. The van der Waals surface area contributed by atoms with Crippen LogP contribution >= 0.6 is 0 Å². The number of hydrogen-bond acceptors (Lipinski definition) is 4. The average Bonchev–Trinajstić information content (AvgIpc) is 2.38. The number of hydrogen-bond donors (Lipinski definition) is 2. The number of rotatable bonds is 4. The van der Waals surface area contributed by atoms with E-state index in [1.807, 2.05) is 12.4 Å². The van der Waals surface area contributed by atoms with Crippen molar-refractivity contribution in [2.45, 2.75) is 5.92 Å². The highest BCUT2D eigenvalue weighted by Gasteiger charge is 2.16. The van der Waals surface area contributed by atoms with Gasteiger partial charge in [-0.1, -0.05) is 0 Å². The summed E-state index contributed by atoms with van der Waals surface area (Å²) in [5.41, 5.74) is 7.16. The lowest BCUT2D eigenvalue weighted by atomic mass is 9.99. The van der Waals surface area contributed by atoms with Gasteiger partial charge in [-0.3, -0.25) is 4.98 Å². The van der Waals surface area contributed by atoms with Gasteiger partial charge in [0.25, 0.3) is 0 Å². The minimum absolute atomic E-state index is 0.432. The van der Waals surface area contributed by atoms with Crippen LogP contribution in [-0.2, 0) is 0 Å². The van der Waals surface area contributed by atoms with E-state index in [2.05, 4.69) is 27.3 Å². The van der Waals surface area contributed by atoms with E-state index in [9.17, 15) is 0 Å². The predicted octanol–water partition coefficient (Wildman–Crippen LogP) is 0.0291. The van der Waals surface area contributed by atoms with Crippen molar-refractivity contribution in [3.05, 3.63) is 30.1 Å². The highest BCUT2D eigenvalue weighted by Crippen LogP contribution is 2.15. The quantitative estimate of drug-likeness (QED) is 0.751. The van der Waals surface area contributed by atoms with Crippen molar-refractivity contribution in [2.75, 3.05) is 39.3 Å². The summed E-state index contributed by atoms with van der Waals surface area (Å²) in [6.45, 7) is 6.20. The van der Waals surface area contributed by atoms with Crippen molar-refractivity contribution in [1.29, 1.82) is 0 Å². The Morgan fingerprint density at radius 2 is 2.00 bits per heavy atom. The van der Waals surface area contributed by atoms with Gasteiger partial charge in [0, 0.05) is 57.6 Å². The summed E-state index contributed by atoms with van der Waals surface area (Å²) in [5, 5.41) is 3.36. The van der Waals surface area contributed by atoms with Crippen LogP contribution in [0.15, 0.2) is 24.5 Å². The molecule has 1 aliphatic heterocycles. The second kappa shape index (κ2) is 5.94. The summed E-state index contributed by atoms with van der Waals surface area (Å²) in [4.78, 5) is 6.53. The average molecular weight is 220 g/mol. The summed E-state index contributed by atoms with van der Waals surface area (Å²) in [6, 6.07) is 4.14. The molecule has 1 aromatic heterocycles. The molecule has 1 unspecified atom stereocenters. The van der Waals surface area contributed by atoms with Crippen LogP contribution in [0.5, 0.6) is 0 Å². The predicted molar refractivity (Wildman–Crippen MR) is 65.3 cm³/mol. The molecule has 1 fully saturated rings. The fourth-order valence-electron chi connectivity index (χ4n) is 2.16. The standard InChI is InChI=1S/C12H20N4/c13-9-12(11-1-3-14-4-2-11)10-16-7-5-15-6-8-16/h1-4,12,15H,5-10,13H2. The van der Waals surface area contributed by atoms with Crippen LogP contribution in [-0.4, -0.2) is 49.2 Å². The Bertz CT molecular complexity index is 295. The van der Waals surface area contributed by atoms with Gasteiger partial charge in [-0.05, 0) is 17.7 Å². The number of pyridine rings is 1.